The first kappa shape index (κ1) is 14.9. The smallest absolute Gasteiger partial charge is 0.123 e. The fourth-order valence-corrected chi connectivity index (χ4v) is 2.03. The highest BCUT2D eigenvalue weighted by molar-refractivity contribution is 5.54. The Morgan fingerprint density at radius 3 is 2.56 bits per heavy atom. The number of hydrogen-bond acceptors (Lipinski definition) is 3. The maximum Gasteiger partial charge on any atom is 0.123 e. The van der Waals surface area contributed by atoms with Crippen LogP contribution in [0.3, 0.4) is 0 Å². The number of anilines is 1. The maximum absolute atomic E-state index is 13.3. The van der Waals surface area contributed by atoms with E-state index in [0.29, 0.717) is 13.1 Å². The first-order valence-electron chi connectivity index (χ1n) is 6.27. The third-order valence-corrected chi connectivity index (χ3v) is 2.71. The molecule has 102 valence electrons. The van der Waals surface area contributed by atoms with Crippen LogP contribution in [0.25, 0.3) is 0 Å². The minimum atomic E-state index is -0.776. The van der Waals surface area contributed by atoms with Crippen molar-refractivity contribution in [2.75, 3.05) is 25.0 Å². The van der Waals surface area contributed by atoms with Gasteiger partial charge in [-0.2, -0.15) is 0 Å². The molecule has 3 nitrogen and oxygen atoms in total. The monoisotopic (exact) mass is 254 g/mol. The van der Waals surface area contributed by atoms with Gasteiger partial charge in [0, 0.05) is 25.3 Å². The van der Waals surface area contributed by atoms with Crippen LogP contribution in [-0.4, -0.2) is 30.8 Å². The van der Waals surface area contributed by atoms with Gasteiger partial charge < -0.3 is 15.3 Å². The van der Waals surface area contributed by atoms with Crippen molar-refractivity contribution in [3.63, 3.8) is 0 Å². The average molecular weight is 254 g/mol. The third kappa shape index (κ3) is 4.27. The third-order valence-electron chi connectivity index (χ3n) is 2.71. The van der Waals surface area contributed by atoms with Crippen molar-refractivity contribution in [3.05, 3.63) is 29.6 Å². The lowest BCUT2D eigenvalue weighted by Gasteiger charge is -2.31. The van der Waals surface area contributed by atoms with Gasteiger partial charge in [0.1, 0.15) is 5.82 Å². The van der Waals surface area contributed by atoms with Gasteiger partial charge in [0.15, 0.2) is 0 Å². The van der Waals surface area contributed by atoms with Crippen molar-refractivity contribution in [2.24, 2.45) is 0 Å². The van der Waals surface area contributed by atoms with E-state index in [9.17, 15) is 9.50 Å². The molecule has 1 rings (SSSR count). The van der Waals surface area contributed by atoms with E-state index >= 15 is 0 Å². The van der Waals surface area contributed by atoms with E-state index in [1.54, 1.807) is 26.0 Å². The zero-order chi connectivity index (χ0) is 13.8. The molecule has 0 amide bonds. The molecular weight excluding hydrogens is 231 g/mol. The molecule has 1 aromatic carbocycles. The van der Waals surface area contributed by atoms with E-state index in [1.807, 2.05) is 14.0 Å². The molecule has 0 aliphatic carbocycles. The molecular formula is C14H23FN2O. The van der Waals surface area contributed by atoms with Crippen LogP contribution in [0, 0.1) is 5.82 Å². The quantitative estimate of drug-likeness (QED) is 0.816. The molecule has 0 aliphatic heterocycles. The molecule has 0 radical (unpaired) electrons. The van der Waals surface area contributed by atoms with E-state index in [4.69, 9.17) is 0 Å². The van der Waals surface area contributed by atoms with Gasteiger partial charge in [0.2, 0.25) is 0 Å². The number of nitrogens with one attached hydrogen (secondary N) is 1. The molecule has 0 aliphatic rings. The molecule has 0 bridgehead atoms. The molecule has 0 unspecified atom stereocenters. The van der Waals surface area contributed by atoms with Gasteiger partial charge in [-0.05, 0) is 51.6 Å². The number of hydrogen-bond donors (Lipinski definition) is 2. The second-order valence-corrected chi connectivity index (χ2v) is 5.13. The van der Waals surface area contributed by atoms with E-state index in [0.717, 1.165) is 17.8 Å². The number of likely N-dealkylation sites (N-methyl/N-ethyl adjacent to an activating group) is 1. The first-order valence-corrected chi connectivity index (χ1v) is 6.27. The Kier molecular flexibility index (Phi) is 5.11. The summed E-state index contributed by atoms with van der Waals surface area (Å²) >= 11 is 0. The van der Waals surface area contributed by atoms with Crippen LogP contribution in [0.15, 0.2) is 18.2 Å². The Balaban J connectivity index is 3.04. The summed E-state index contributed by atoms with van der Waals surface area (Å²) in [4.78, 5) is 2.06. The zero-order valence-corrected chi connectivity index (χ0v) is 11.6. The summed E-state index contributed by atoms with van der Waals surface area (Å²) in [5, 5.41) is 13.0. The first-order chi connectivity index (χ1) is 8.37. The minimum Gasteiger partial charge on any atom is -0.389 e. The van der Waals surface area contributed by atoms with Crippen LogP contribution in [-0.2, 0) is 6.54 Å². The number of aliphatic hydroxyl groups is 1. The van der Waals surface area contributed by atoms with Gasteiger partial charge in [0.05, 0.1) is 5.60 Å². The standard InChI is InChI=1S/C14H23FN2O/c1-5-17(10-14(2,3)18)13-7-6-12(15)8-11(13)9-16-4/h6-8,16,18H,5,9-10H2,1-4H3. The van der Waals surface area contributed by atoms with Crippen molar-refractivity contribution in [3.8, 4) is 0 Å². The normalized spacial score (nSPS) is 11.7. The van der Waals surface area contributed by atoms with E-state index in [2.05, 4.69) is 10.2 Å². The summed E-state index contributed by atoms with van der Waals surface area (Å²) in [6.07, 6.45) is 0. The Morgan fingerprint density at radius 1 is 1.39 bits per heavy atom. The molecule has 0 heterocycles. The van der Waals surface area contributed by atoms with Gasteiger partial charge in [-0.3, -0.25) is 0 Å². The second-order valence-electron chi connectivity index (χ2n) is 5.13. The van der Waals surface area contributed by atoms with Crippen LogP contribution in [0.1, 0.15) is 26.3 Å². The predicted octanol–water partition coefficient (Wildman–Crippen LogP) is 2.14. The Bertz CT molecular complexity index is 388. The van der Waals surface area contributed by atoms with Crippen LogP contribution >= 0.6 is 0 Å². The van der Waals surface area contributed by atoms with Gasteiger partial charge in [-0.1, -0.05) is 0 Å². The Morgan fingerprint density at radius 2 is 2.06 bits per heavy atom. The Hall–Kier alpha value is -1.13. The predicted molar refractivity (Wildman–Crippen MR) is 73.3 cm³/mol. The average Bonchev–Trinajstić information content (AvgIpc) is 2.26. The van der Waals surface area contributed by atoms with Crippen molar-refractivity contribution >= 4 is 5.69 Å². The topological polar surface area (TPSA) is 35.5 Å². The number of benzene rings is 1. The van der Waals surface area contributed by atoms with E-state index in [1.165, 1.54) is 6.07 Å². The van der Waals surface area contributed by atoms with E-state index in [-0.39, 0.29) is 5.82 Å². The SMILES string of the molecule is CCN(CC(C)(C)O)c1ccc(F)cc1CNC. The van der Waals surface area contributed by atoms with Crippen molar-refractivity contribution in [1.29, 1.82) is 0 Å². The highest BCUT2D eigenvalue weighted by Crippen LogP contribution is 2.23. The summed E-state index contributed by atoms with van der Waals surface area (Å²) in [5.41, 5.74) is 1.10. The second kappa shape index (κ2) is 6.16. The number of halogens is 1. The van der Waals surface area contributed by atoms with Crippen molar-refractivity contribution < 1.29 is 9.50 Å². The molecule has 0 atom stereocenters. The molecule has 0 spiro atoms. The lowest BCUT2D eigenvalue weighted by molar-refractivity contribution is 0.0875. The molecule has 0 aromatic heterocycles. The zero-order valence-electron chi connectivity index (χ0n) is 11.6. The number of nitrogens with zero attached hydrogens (tertiary/aromatic N) is 1. The molecule has 4 heteroatoms. The van der Waals surface area contributed by atoms with Crippen LogP contribution in [0.4, 0.5) is 10.1 Å². The molecule has 1 aromatic rings. The largest absolute Gasteiger partial charge is 0.389 e. The lowest BCUT2D eigenvalue weighted by Crippen LogP contribution is -2.39. The lowest BCUT2D eigenvalue weighted by atomic mass is 10.1. The summed E-state index contributed by atoms with van der Waals surface area (Å²) in [6.45, 7) is 7.47. The van der Waals surface area contributed by atoms with Crippen LogP contribution < -0.4 is 10.2 Å². The molecule has 0 saturated heterocycles. The van der Waals surface area contributed by atoms with Gasteiger partial charge in [-0.15, -0.1) is 0 Å². The summed E-state index contributed by atoms with van der Waals surface area (Å²) < 4.78 is 13.3. The highest BCUT2D eigenvalue weighted by atomic mass is 19.1. The molecule has 0 fully saturated rings. The summed E-state index contributed by atoms with van der Waals surface area (Å²) in [5.74, 6) is -0.233. The molecule has 2 N–H and O–H groups in total. The molecule has 0 saturated carbocycles. The minimum absolute atomic E-state index is 0.233. The summed E-state index contributed by atoms with van der Waals surface area (Å²) in [7, 11) is 1.83. The van der Waals surface area contributed by atoms with E-state index < -0.39 is 5.60 Å². The van der Waals surface area contributed by atoms with Crippen molar-refractivity contribution in [1.82, 2.24) is 5.32 Å². The fourth-order valence-electron chi connectivity index (χ4n) is 2.03. The molecule has 18 heavy (non-hydrogen) atoms. The highest BCUT2D eigenvalue weighted by Gasteiger charge is 2.19. The maximum atomic E-state index is 13.3. The number of rotatable bonds is 6. The van der Waals surface area contributed by atoms with Crippen molar-refractivity contribution in [2.45, 2.75) is 32.9 Å². The van der Waals surface area contributed by atoms with Gasteiger partial charge >= 0.3 is 0 Å². The summed E-state index contributed by atoms with van der Waals surface area (Å²) in [6, 6.07) is 4.78. The Labute approximate surface area is 109 Å². The van der Waals surface area contributed by atoms with Gasteiger partial charge in [-0.25, -0.2) is 4.39 Å². The van der Waals surface area contributed by atoms with Crippen LogP contribution in [0.2, 0.25) is 0 Å². The van der Waals surface area contributed by atoms with Gasteiger partial charge in [0.25, 0.3) is 0 Å². The fraction of sp³-hybridized carbons (Fsp3) is 0.571. The van der Waals surface area contributed by atoms with Crippen LogP contribution in [0.5, 0.6) is 0 Å².